The van der Waals surface area contributed by atoms with Crippen molar-refractivity contribution in [2.45, 2.75) is 45.0 Å². The van der Waals surface area contributed by atoms with Crippen molar-refractivity contribution in [1.29, 1.82) is 0 Å². The van der Waals surface area contributed by atoms with E-state index in [9.17, 15) is 27.2 Å². The summed E-state index contributed by atoms with van der Waals surface area (Å²) in [6, 6.07) is 0.822. The molecule has 0 bridgehead atoms. The first-order valence-electron chi connectivity index (χ1n) is 7.66. The van der Waals surface area contributed by atoms with E-state index in [-0.39, 0.29) is 19.0 Å². The number of halogens is 5. The number of hydrogen-bond acceptors (Lipinski definition) is 3. The Morgan fingerprint density at radius 3 is 2.42 bits per heavy atom. The number of benzene rings is 1. The van der Waals surface area contributed by atoms with Gasteiger partial charge >= 0.3 is 12.3 Å². The second-order valence-electron chi connectivity index (χ2n) is 6.83. The minimum absolute atomic E-state index is 0.0473. The predicted octanol–water partition coefficient (Wildman–Crippen LogP) is 4.13. The molecule has 1 aromatic carbocycles. The molecule has 1 fully saturated rings. The lowest BCUT2D eigenvalue weighted by Crippen LogP contribution is -2.43. The highest BCUT2D eigenvalue weighted by Crippen LogP contribution is 2.38. The minimum atomic E-state index is -4.77. The third-order valence-electron chi connectivity index (χ3n) is 3.50. The summed E-state index contributed by atoms with van der Waals surface area (Å²) >= 11 is 5.77. The normalized spacial score (nSPS) is 18.2. The van der Waals surface area contributed by atoms with Gasteiger partial charge in [-0.05, 0) is 32.9 Å². The van der Waals surface area contributed by atoms with Gasteiger partial charge in [0.25, 0.3) is 5.91 Å². The number of nitrogens with one attached hydrogen (secondary N) is 1. The number of rotatable bonds is 2. The van der Waals surface area contributed by atoms with Gasteiger partial charge in [-0.1, -0.05) is 11.6 Å². The van der Waals surface area contributed by atoms with Gasteiger partial charge in [0.2, 0.25) is 0 Å². The lowest BCUT2D eigenvalue weighted by atomic mass is 10.1. The van der Waals surface area contributed by atoms with Crippen LogP contribution in [0.4, 0.5) is 28.0 Å². The molecular formula is C16H17ClF4N2O3. The topological polar surface area (TPSA) is 58.6 Å². The van der Waals surface area contributed by atoms with Crippen molar-refractivity contribution in [1.82, 2.24) is 5.32 Å². The number of hydrogen-bond donors (Lipinski definition) is 1. The molecule has 0 spiro atoms. The van der Waals surface area contributed by atoms with Gasteiger partial charge in [0.15, 0.2) is 6.10 Å². The fraction of sp³-hybridized carbons (Fsp3) is 0.500. The molecule has 1 saturated heterocycles. The minimum Gasteiger partial charge on any atom is -0.436 e. The van der Waals surface area contributed by atoms with Crippen LogP contribution in [0.25, 0.3) is 0 Å². The maximum Gasteiger partial charge on any atom is 0.416 e. The zero-order valence-electron chi connectivity index (χ0n) is 14.2. The summed E-state index contributed by atoms with van der Waals surface area (Å²) in [7, 11) is 0. The number of carbonyl (C=O) groups excluding carboxylic acids is 2. The number of anilines is 1. The monoisotopic (exact) mass is 396 g/mol. The maximum absolute atomic E-state index is 14.2. The van der Waals surface area contributed by atoms with Gasteiger partial charge in [-0.3, -0.25) is 4.79 Å². The van der Waals surface area contributed by atoms with Crippen molar-refractivity contribution in [2.75, 3.05) is 11.4 Å². The number of nitrogens with zero attached hydrogens (tertiary/aromatic N) is 1. The van der Waals surface area contributed by atoms with E-state index in [1.54, 1.807) is 20.8 Å². The van der Waals surface area contributed by atoms with Crippen LogP contribution >= 0.6 is 11.6 Å². The van der Waals surface area contributed by atoms with Crippen LogP contribution in [-0.2, 0) is 15.7 Å². The standard InChI is InChI=1S/C16H17ClF4N2O3/c1-15(2,3)22-14(25)26-11-4-5-23(13(11)24)12-9(17)6-8(7-10(12)18)16(19,20)21/h6-7,11H,4-5H2,1-3H3,(H,22,25). The molecule has 1 heterocycles. The molecular weight excluding hydrogens is 380 g/mol. The first kappa shape index (κ1) is 20.3. The molecule has 1 aliphatic rings. The average Bonchev–Trinajstić information content (AvgIpc) is 2.77. The zero-order chi connectivity index (χ0) is 19.9. The van der Waals surface area contributed by atoms with Crippen molar-refractivity contribution in [3.63, 3.8) is 0 Å². The van der Waals surface area contributed by atoms with Gasteiger partial charge in [0.05, 0.1) is 16.3 Å². The smallest absolute Gasteiger partial charge is 0.416 e. The Balaban J connectivity index is 2.19. The molecule has 0 aliphatic carbocycles. The highest BCUT2D eigenvalue weighted by atomic mass is 35.5. The molecule has 144 valence electrons. The van der Waals surface area contributed by atoms with Crippen molar-refractivity contribution < 1.29 is 31.9 Å². The zero-order valence-corrected chi connectivity index (χ0v) is 15.0. The third kappa shape index (κ3) is 4.57. The van der Waals surface area contributed by atoms with Gasteiger partial charge in [-0.25, -0.2) is 9.18 Å². The second-order valence-corrected chi connectivity index (χ2v) is 7.24. The van der Waals surface area contributed by atoms with E-state index in [2.05, 4.69) is 5.32 Å². The van der Waals surface area contributed by atoms with E-state index < -0.39 is 51.9 Å². The van der Waals surface area contributed by atoms with Crippen LogP contribution in [0.2, 0.25) is 5.02 Å². The summed E-state index contributed by atoms with van der Waals surface area (Å²) in [5, 5.41) is 1.96. The van der Waals surface area contributed by atoms with E-state index in [1.807, 2.05) is 0 Å². The largest absolute Gasteiger partial charge is 0.436 e. The van der Waals surface area contributed by atoms with E-state index >= 15 is 0 Å². The molecule has 10 heteroatoms. The van der Waals surface area contributed by atoms with E-state index in [1.165, 1.54) is 0 Å². The van der Waals surface area contributed by atoms with E-state index in [0.717, 1.165) is 4.90 Å². The summed E-state index contributed by atoms with van der Waals surface area (Å²) in [5.41, 5.74) is -2.30. The Hall–Kier alpha value is -2.03. The van der Waals surface area contributed by atoms with E-state index in [4.69, 9.17) is 16.3 Å². The number of carbonyl (C=O) groups is 2. The van der Waals surface area contributed by atoms with Crippen LogP contribution in [0.3, 0.4) is 0 Å². The van der Waals surface area contributed by atoms with Crippen LogP contribution in [0.5, 0.6) is 0 Å². The molecule has 1 N–H and O–H groups in total. The fourth-order valence-electron chi connectivity index (χ4n) is 2.44. The third-order valence-corrected chi connectivity index (χ3v) is 3.78. The Morgan fingerprint density at radius 2 is 1.92 bits per heavy atom. The van der Waals surface area contributed by atoms with Gasteiger partial charge in [-0.2, -0.15) is 13.2 Å². The van der Waals surface area contributed by atoms with Crippen LogP contribution < -0.4 is 10.2 Å². The molecule has 1 aliphatic heterocycles. The molecule has 2 rings (SSSR count). The maximum atomic E-state index is 14.2. The van der Waals surface area contributed by atoms with Gasteiger partial charge in [0.1, 0.15) is 5.82 Å². The molecule has 26 heavy (non-hydrogen) atoms. The van der Waals surface area contributed by atoms with Crippen LogP contribution in [-0.4, -0.2) is 30.2 Å². The Bertz CT molecular complexity index is 708. The number of alkyl halides is 3. The van der Waals surface area contributed by atoms with Crippen molar-refractivity contribution >= 4 is 29.3 Å². The highest BCUT2D eigenvalue weighted by molar-refractivity contribution is 6.34. The average molecular weight is 397 g/mol. The molecule has 0 radical (unpaired) electrons. The van der Waals surface area contributed by atoms with Crippen molar-refractivity contribution in [3.05, 3.63) is 28.5 Å². The van der Waals surface area contributed by atoms with Crippen molar-refractivity contribution in [3.8, 4) is 0 Å². The Labute approximate surface area is 152 Å². The molecule has 5 nitrogen and oxygen atoms in total. The van der Waals surface area contributed by atoms with Crippen LogP contribution in [0.15, 0.2) is 12.1 Å². The highest BCUT2D eigenvalue weighted by Gasteiger charge is 2.39. The molecule has 1 aromatic rings. The number of ether oxygens (including phenoxy) is 1. The van der Waals surface area contributed by atoms with Gasteiger partial charge in [-0.15, -0.1) is 0 Å². The number of amides is 2. The first-order valence-corrected chi connectivity index (χ1v) is 8.04. The van der Waals surface area contributed by atoms with Crippen LogP contribution in [0.1, 0.15) is 32.8 Å². The number of alkyl carbamates (subject to hydrolysis) is 1. The summed E-state index contributed by atoms with van der Waals surface area (Å²) in [6.07, 6.45) is -6.70. The summed E-state index contributed by atoms with van der Waals surface area (Å²) in [5.74, 6) is -2.03. The summed E-state index contributed by atoms with van der Waals surface area (Å²) in [4.78, 5) is 25.0. The molecule has 2 amide bonds. The lowest BCUT2D eigenvalue weighted by molar-refractivity contribution is -0.137. The predicted molar refractivity (Wildman–Crippen MR) is 86.5 cm³/mol. The summed E-state index contributed by atoms with van der Waals surface area (Å²) in [6.45, 7) is 5.10. The lowest BCUT2D eigenvalue weighted by Gasteiger charge is -2.22. The summed E-state index contributed by atoms with van der Waals surface area (Å²) < 4.78 is 57.3. The SMILES string of the molecule is CC(C)(C)NC(=O)OC1CCN(c2c(F)cc(C(F)(F)F)cc2Cl)C1=O. The molecule has 0 aromatic heterocycles. The first-order chi connectivity index (χ1) is 11.8. The van der Waals surface area contributed by atoms with Gasteiger partial charge < -0.3 is 15.0 Å². The van der Waals surface area contributed by atoms with E-state index in [0.29, 0.717) is 6.07 Å². The van der Waals surface area contributed by atoms with Crippen molar-refractivity contribution in [2.24, 2.45) is 0 Å². The fourth-order valence-corrected chi connectivity index (χ4v) is 2.75. The molecule has 1 unspecified atom stereocenters. The molecule has 0 saturated carbocycles. The Kier molecular flexibility index (Phi) is 5.41. The van der Waals surface area contributed by atoms with Gasteiger partial charge in [0, 0.05) is 18.5 Å². The van der Waals surface area contributed by atoms with Crippen LogP contribution in [0, 0.1) is 5.82 Å². The second kappa shape index (κ2) is 6.94. The Morgan fingerprint density at radius 1 is 1.31 bits per heavy atom. The quantitative estimate of drug-likeness (QED) is 0.765. The molecule has 1 atom stereocenters.